The number of aromatic nitrogens is 4. The van der Waals surface area contributed by atoms with E-state index in [2.05, 4.69) is 20.4 Å². The van der Waals surface area contributed by atoms with Gasteiger partial charge in [0.15, 0.2) is 11.4 Å². The third kappa shape index (κ3) is 4.44. The average Bonchev–Trinajstić information content (AvgIpc) is 3.39. The summed E-state index contributed by atoms with van der Waals surface area (Å²) >= 11 is 6.49. The quantitative estimate of drug-likeness (QED) is 0.319. The van der Waals surface area contributed by atoms with Gasteiger partial charge in [-0.15, -0.1) is 24.8 Å². The molecule has 3 N–H and O–H groups in total. The molecule has 0 spiro atoms. The zero-order valence-corrected chi connectivity index (χ0v) is 19.0. The van der Waals surface area contributed by atoms with E-state index in [9.17, 15) is 0 Å². The minimum atomic E-state index is 0. The maximum absolute atomic E-state index is 6.49. The standard InChI is InChI=1S/C21H17ClN6O2.2ClH/c22-15-10-13(27-21-20-16(24-12-25-21)6-8-28(20)9-7-23)4-5-19(15)29-17-2-1-3-18-14(17)11-26-30-18;;/h1-6,8,10-12H,7,9,23H2,(H,24,25,27);2*1H. The average molecular weight is 494 g/mol. The predicted octanol–water partition coefficient (Wildman–Crippen LogP) is 5.56. The molecule has 32 heavy (non-hydrogen) atoms. The molecule has 3 aromatic heterocycles. The monoisotopic (exact) mass is 492 g/mol. The van der Waals surface area contributed by atoms with Crippen LogP contribution >= 0.6 is 36.4 Å². The third-order valence-electron chi connectivity index (χ3n) is 4.69. The Balaban J connectivity index is 0.00000144. The van der Waals surface area contributed by atoms with Gasteiger partial charge in [0.05, 0.1) is 22.1 Å². The Morgan fingerprint density at radius 1 is 1.09 bits per heavy atom. The summed E-state index contributed by atoms with van der Waals surface area (Å²) in [6.07, 6.45) is 5.09. The Morgan fingerprint density at radius 3 is 2.78 bits per heavy atom. The normalized spacial score (nSPS) is 10.6. The van der Waals surface area contributed by atoms with Gasteiger partial charge in [0.2, 0.25) is 0 Å². The second-order valence-electron chi connectivity index (χ2n) is 6.62. The summed E-state index contributed by atoms with van der Waals surface area (Å²) in [5.41, 5.74) is 8.87. The fourth-order valence-electron chi connectivity index (χ4n) is 3.32. The number of nitrogens with one attached hydrogen (secondary N) is 1. The van der Waals surface area contributed by atoms with Crippen LogP contribution in [0.2, 0.25) is 5.02 Å². The van der Waals surface area contributed by atoms with E-state index in [-0.39, 0.29) is 24.8 Å². The first-order valence-electron chi connectivity index (χ1n) is 9.30. The number of nitrogens with two attached hydrogens (primary N) is 1. The zero-order valence-electron chi connectivity index (χ0n) is 16.6. The minimum absolute atomic E-state index is 0. The highest BCUT2D eigenvalue weighted by Gasteiger charge is 2.12. The lowest BCUT2D eigenvalue weighted by Gasteiger charge is -2.12. The first-order valence-corrected chi connectivity index (χ1v) is 9.68. The lowest BCUT2D eigenvalue weighted by Crippen LogP contribution is -2.10. The Hall–Kier alpha value is -3.04. The molecule has 0 aliphatic heterocycles. The van der Waals surface area contributed by atoms with E-state index in [1.807, 2.05) is 41.1 Å². The topological polar surface area (TPSA) is 104 Å². The molecule has 0 fully saturated rings. The molecule has 8 nitrogen and oxygen atoms in total. The molecule has 5 rings (SSSR count). The first kappa shape index (κ1) is 23.6. The summed E-state index contributed by atoms with van der Waals surface area (Å²) in [7, 11) is 0. The van der Waals surface area contributed by atoms with Gasteiger partial charge in [0, 0.05) is 25.0 Å². The van der Waals surface area contributed by atoms with Crippen molar-refractivity contribution in [3.8, 4) is 11.5 Å². The van der Waals surface area contributed by atoms with Crippen molar-refractivity contribution in [2.45, 2.75) is 6.54 Å². The number of rotatable bonds is 6. The van der Waals surface area contributed by atoms with Gasteiger partial charge >= 0.3 is 0 Å². The molecule has 0 unspecified atom stereocenters. The van der Waals surface area contributed by atoms with Crippen molar-refractivity contribution in [1.82, 2.24) is 19.7 Å². The van der Waals surface area contributed by atoms with Crippen molar-refractivity contribution in [1.29, 1.82) is 0 Å². The largest absolute Gasteiger partial charge is 0.455 e. The molecule has 3 heterocycles. The molecule has 0 aliphatic rings. The first-order chi connectivity index (χ1) is 14.7. The van der Waals surface area contributed by atoms with Crippen LogP contribution in [0.3, 0.4) is 0 Å². The van der Waals surface area contributed by atoms with E-state index in [0.29, 0.717) is 41.0 Å². The Kier molecular flexibility index (Phi) is 7.42. The molecule has 2 aromatic carbocycles. The predicted molar refractivity (Wildman–Crippen MR) is 130 cm³/mol. The number of nitrogens with zero attached hydrogens (tertiary/aromatic N) is 4. The molecule has 0 bridgehead atoms. The number of hydrogen-bond acceptors (Lipinski definition) is 7. The van der Waals surface area contributed by atoms with Crippen LogP contribution in [0.4, 0.5) is 11.5 Å². The van der Waals surface area contributed by atoms with E-state index >= 15 is 0 Å². The summed E-state index contributed by atoms with van der Waals surface area (Å²) in [6.45, 7) is 1.20. The second-order valence-corrected chi connectivity index (χ2v) is 7.03. The van der Waals surface area contributed by atoms with Crippen LogP contribution in [0.1, 0.15) is 0 Å². The van der Waals surface area contributed by atoms with Crippen molar-refractivity contribution in [2.24, 2.45) is 5.73 Å². The van der Waals surface area contributed by atoms with Crippen LogP contribution < -0.4 is 15.8 Å². The van der Waals surface area contributed by atoms with Crippen molar-refractivity contribution >= 4 is 69.9 Å². The molecular weight excluding hydrogens is 475 g/mol. The van der Waals surface area contributed by atoms with Crippen LogP contribution in [0.25, 0.3) is 22.0 Å². The summed E-state index contributed by atoms with van der Waals surface area (Å²) in [5.74, 6) is 1.82. The van der Waals surface area contributed by atoms with E-state index in [1.54, 1.807) is 18.3 Å². The Morgan fingerprint density at radius 2 is 1.97 bits per heavy atom. The molecule has 11 heteroatoms. The van der Waals surface area contributed by atoms with E-state index in [4.69, 9.17) is 26.6 Å². The molecule has 0 atom stereocenters. The second kappa shape index (κ2) is 10.1. The van der Waals surface area contributed by atoms with Crippen LogP contribution in [0.15, 0.2) is 65.7 Å². The highest BCUT2D eigenvalue weighted by molar-refractivity contribution is 6.32. The van der Waals surface area contributed by atoms with Crippen molar-refractivity contribution in [3.63, 3.8) is 0 Å². The SMILES string of the molecule is Cl.Cl.NCCn1ccc2ncnc(Nc3ccc(Oc4cccc5oncc45)c(Cl)c3)c21. The van der Waals surface area contributed by atoms with Gasteiger partial charge in [-0.3, -0.25) is 0 Å². The van der Waals surface area contributed by atoms with Crippen molar-refractivity contribution in [3.05, 3.63) is 66.2 Å². The Labute approximate surface area is 200 Å². The smallest absolute Gasteiger partial charge is 0.170 e. The molecule has 0 aliphatic carbocycles. The molecular formula is C21H19Cl3N6O2. The Bertz CT molecular complexity index is 1350. The summed E-state index contributed by atoms with van der Waals surface area (Å²) in [5, 5.41) is 8.35. The summed E-state index contributed by atoms with van der Waals surface area (Å²) in [6, 6.07) is 12.9. The lowest BCUT2D eigenvalue weighted by atomic mass is 10.2. The highest BCUT2D eigenvalue weighted by Crippen LogP contribution is 2.36. The van der Waals surface area contributed by atoms with Crippen LogP contribution in [0.5, 0.6) is 11.5 Å². The molecule has 166 valence electrons. The fraction of sp³-hybridized carbons (Fsp3) is 0.0952. The number of ether oxygens (including phenoxy) is 1. The zero-order chi connectivity index (χ0) is 20.5. The van der Waals surface area contributed by atoms with E-state index < -0.39 is 0 Å². The number of hydrogen-bond donors (Lipinski definition) is 2. The number of benzene rings is 2. The van der Waals surface area contributed by atoms with E-state index in [0.717, 1.165) is 22.1 Å². The van der Waals surface area contributed by atoms with Gasteiger partial charge in [0.25, 0.3) is 0 Å². The number of anilines is 2. The highest BCUT2D eigenvalue weighted by atomic mass is 35.5. The van der Waals surface area contributed by atoms with Crippen LogP contribution in [0, 0.1) is 0 Å². The number of halogens is 3. The van der Waals surface area contributed by atoms with Crippen molar-refractivity contribution in [2.75, 3.05) is 11.9 Å². The van der Waals surface area contributed by atoms with Gasteiger partial charge in [-0.25, -0.2) is 9.97 Å². The van der Waals surface area contributed by atoms with Gasteiger partial charge < -0.3 is 24.9 Å². The fourth-order valence-corrected chi connectivity index (χ4v) is 3.54. The van der Waals surface area contributed by atoms with Gasteiger partial charge in [0.1, 0.15) is 23.3 Å². The molecule has 0 saturated heterocycles. The van der Waals surface area contributed by atoms with Gasteiger partial charge in [-0.05, 0) is 36.4 Å². The van der Waals surface area contributed by atoms with Gasteiger partial charge in [-0.2, -0.15) is 0 Å². The molecule has 0 radical (unpaired) electrons. The maximum Gasteiger partial charge on any atom is 0.170 e. The molecule has 5 aromatic rings. The molecule has 0 amide bonds. The van der Waals surface area contributed by atoms with Gasteiger partial charge in [-0.1, -0.05) is 22.8 Å². The lowest BCUT2D eigenvalue weighted by molar-refractivity contribution is 0.456. The number of fused-ring (bicyclic) bond motifs is 2. The van der Waals surface area contributed by atoms with Crippen LogP contribution in [-0.2, 0) is 6.54 Å². The molecule has 0 saturated carbocycles. The third-order valence-corrected chi connectivity index (χ3v) is 4.99. The minimum Gasteiger partial charge on any atom is -0.455 e. The summed E-state index contributed by atoms with van der Waals surface area (Å²) < 4.78 is 13.2. The van der Waals surface area contributed by atoms with Crippen molar-refractivity contribution < 1.29 is 9.26 Å². The van der Waals surface area contributed by atoms with Crippen LogP contribution in [-0.4, -0.2) is 26.2 Å². The van der Waals surface area contributed by atoms with E-state index in [1.165, 1.54) is 6.33 Å². The maximum atomic E-state index is 6.49. The summed E-state index contributed by atoms with van der Waals surface area (Å²) in [4.78, 5) is 8.70.